The number of benzene rings is 1. The predicted molar refractivity (Wildman–Crippen MR) is 70.6 cm³/mol. The second kappa shape index (κ2) is 7.05. The summed E-state index contributed by atoms with van der Waals surface area (Å²) in [5, 5.41) is 2.79. The summed E-state index contributed by atoms with van der Waals surface area (Å²) in [7, 11) is 1.12. The van der Waals surface area contributed by atoms with E-state index in [2.05, 4.69) is 16.4 Å². The fourth-order valence-corrected chi connectivity index (χ4v) is 1.52. The minimum Gasteiger partial charge on any atom is -0.711 e. The molecule has 6 nitrogen and oxygen atoms in total. The Balaban J connectivity index is 3.05. The van der Waals surface area contributed by atoms with Gasteiger partial charge in [-0.2, -0.15) is 0 Å². The van der Waals surface area contributed by atoms with Crippen LogP contribution in [0.5, 0.6) is 0 Å². The Kier molecular flexibility index (Phi) is 5.40. The maximum atomic E-state index is 12.2. The molecule has 6 heteroatoms. The second-order valence-corrected chi connectivity index (χ2v) is 3.61. The van der Waals surface area contributed by atoms with E-state index in [4.69, 9.17) is 5.53 Å². The molecule has 0 N–H and O–H groups in total. The van der Waals surface area contributed by atoms with Gasteiger partial charge in [-0.1, -0.05) is 24.3 Å². The average molecular weight is 260 g/mol. The molecule has 1 aromatic rings. The highest BCUT2D eigenvalue weighted by Gasteiger charge is 2.29. The van der Waals surface area contributed by atoms with Gasteiger partial charge in [0.25, 0.3) is 5.91 Å². The van der Waals surface area contributed by atoms with Crippen molar-refractivity contribution in [2.75, 3.05) is 18.6 Å². The van der Waals surface area contributed by atoms with E-state index in [-0.39, 0.29) is 6.54 Å². The highest BCUT2D eigenvalue weighted by atomic mass is 16.5. The third kappa shape index (κ3) is 3.48. The zero-order valence-electron chi connectivity index (χ0n) is 10.5. The number of amides is 1. The quantitative estimate of drug-likeness (QED) is 0.338. The van der Waals surface area contributed by atoms with Gasteiger partial charge in [0.05, 0.1) is 7.11 Å². The molecule has 1 atom stereocenters. The minimum atomic E-state index is -1.59. The summed E-state index contributed by atoms with van der Waals surface area (Å²) in [5.74, 6) is -1.60. The molecule has 1 unspecified atom stereocenters. The summed E-state index contributed by atoms with van der Waals surface area (Å²) >= 11 is 0. The Labute approximate surface area is 111 Å². The van der Waals surface area contributed by atoms with Crippen LogP contribution in [-0.4, -0.2) is 31.6 Å². The molecule has 0 aliphatic carbocycles. The van der Waals surface area contributed by atoms with Gasteiger partial charge in [-0.3, -0.25) is 4.79 Å². The lowest BCUT2D eigenvalue weighted by atomic mass is 10.2. The van der Waals surface area contributed by atoms with E-state index >= 15 is 0 Å². The molecule has 0 radical (unpaired) electrons. The molecule has 0 saturated carbocycles. The van der Waals surface area contributed by atoms with Crippen molar-refractivity contribution in [1.82, 2.24) is 0 Å². The molecule has 0 heterocycles. The van der Waals surface area contributed by atoms with Gasteiger partial charge in [0.1, 0.15) is 0 Å². The summed E-state index contributed by atoms with van der Waals surface area (Å²) in [4.78, 5) is 24.8. The zero-order valence-corrected chi connectivity index (χ0v) is 10.5. The van der Waals surface area contributed by atoms with Gasteiger partial charge in [0, 0.05) is 12.2 Å². The minimum absolute atomic E-state index is 0.186. The fraction of sp³-hybridized carbons (Fsp3) is 0.231. The molecule has 19 heavy (non-hydrogen) atoms. The first kappa shape index (κ1) is 14.6. The number of anilines is 1. The number of esters is 1. The lowest BCUT2D eigenvalue weighted by molar-refractivity contribution is -0.145. The molecule has 0 aliphatic heterocycles. The van der Waals surface area contributed by atoms with Gasteiger partial charge in [0.2, 0.25) is 6.04 Å². The summed E-state index contributed by atoms with van der Waals surface area (Å²) in [6.07, 6.45) is 1.51. The van der Waals surface area contributed by atoms with E-state index in [1.807, 2.05) is 0 Å². The van der Waals surface area contributed by atoms with Crippen molar-refractivity contribution < 1.29 is 14.3 Å². The van der Waals surface area contributed by atoms with Crippen molar-refractivity contribution in [3.8, 4) is 0 Å². The number of rotatable bonds is 6. The number of hydrogen-bond acceptors (Lipinski definition) is 4. The van der Waals surface area contributed by atoms with Crippen LogP contribution in [0.4, 0.5) is 5.69 Å². The van der Waals surface area contributed by atoms with E-state index in [9.17, 15) is 9.59 Å². The van der Waals surface area contributed by atoms with Crippen molar-refractivity contribution in [2.45, 2.75) is 6.04 Å². The van der Waals surface area contributed by atoms with Gasteiger partial charge in [-0.15, -0.1) is 6.58 Å². The van der Waals surface area contributed by atoms with E-state index in [1.54, 1.807) is 30.3 Å². The van der Waals surface area contributed by atoms with Crippen LogP contribution in [0.3, 0.4) is 0 Å². The van der Waals surface area contributed by atoms with Crippen LogP contribution in [0.15, 0.2) is 48.1 Å². The zero-order chi connectivity index (χ0) is 14.3. The maximum absolute atomic E-state index is 12.2. The van der Waals surface area contributed by atoms with Crippen molar-refractivity contribution in [2.24, 2.45) is 5.11 Å². The van der Waals surface area contributed by atoms with Crippen molar-refractivity contribution >= 4 is 17.6 Å². The lowest BCUT2D eigenvalue weighted by Crippen LogP contribution is -2.42. The van der Waals surface area contributed by atoms with Crippen LogP contribution in [0, 0.1) is 0 Å². The summed E-state index contributed by atoms with van der Waals surface area (Å²) < 4.78 is 4.42. The lowest BCUT2D eigenvalue weighted by Gasteiger charge is -2.24. The third-order valence-electron chi connectivity index (χ3n) is 2.42. The predicted octanol–water partition coefficient (Wildman–Crippen LogP) is 1.77. The van der Waals surface area contributed by atoms with E-state index in [0.29, 0.717) is 5.69 Å². The number of ether oxygens (including phenoxy) is 1. The summed E-state index contributed by atoms with van der Waals surface area (Å²) in [6.45, 7) is 3.74. The Morgan fingerprint density at radius 1 is 1.47 bits per heavy atom. The van der Waals surface area contributed by atoms with Crippen LogP contribution >= 0.6 is 0 Å². The molecular formula is C13H14N3O3-. The third-order valence-corrected chi connectivity index (χ3v) is 2.42. The van der Waals surface area contributed by atoms with Gasteiger partial charge >= 0.3 is 5.97 Å². The van der Waals surface area contributed by atoms with Crippen LogP contribution in [-0.2, 0) is 14.3 Å². The Bertz CT molecular complexity index is 473. The number of hydrogen-bond donors (Lipinski definition) is 0. The Morgan fingerprint density at radius 3 is 2.58 bits per heavy atom. The topological polar surface area (TPSA) is 81.3 Å². The molecule has 1 rings (SSSR count). The number of carbonyl (C=O) groups is 2. The summed E-state index contributed by atoms with van der Waals surface area (Å²) in [6, 6.07) is 7.11. The monoisotopic (exact) mass is 260 g/mol. The number of carbonyl (C=O) groups excluding carboxylic acids is 2. The average Bonchev–Trinajstić information content (AvgIpc) is 2.46. The molecule has 1 amide bonds. The van der Waals surface area contributed by atoms with Crippen molar-refractivity contribution in [3.05, 3.63) is 48.5 Å². The first-order valence-electron chi connectivity index (χ1n) is 5.55. The largest absolute Gasteiger partial charge is 0.711 e. The normalized spacial score (nSPS) is 11.2. The number of methoxy groups -OCH3 is 1. The maximum Gasteiger partial charge on any atom is 0.338 e. The Hall–Kier alpha value is -2.50. The molecule has 0 spiro atoms. The van der Waals surface area contributed by atoms with Crippen LogP contribution in [0.25, 0.3) is 5.53 Å². The molecule has 0 aliphatic rings. The fourth-order valence-electron chi connectivity index (χ4n) is 1.52. The summed E-state index contributed by atoms with van der Waals surface area (Å²) in [5.41, 5.74) is 9.39. The van der Waals surface area contributed by atoms with Crippen LogP contribution < -0.4 is 4.90 Å². The SMILES string of the molecule is C=CCN(C(=O)C(N=[N-])C(=O)OC)c1ccccc1. The van der Waals surface area contributed by atoms with Gasteiger partial charge in [0.15, 0.2) is 0 Å². The van der Waals surface area contributed by atoms with E-state index < -0.39 is 17.9 Å². The number of nitrogens with zero attached hydrogens (tertiary/aromatic N) is 3. The van der Waals surface area contributed by atoms with Crippen LogP contribution in [0.2, 0.25) is 0 Å². The van der Waals surface area contributed by atoms with Crippen molar-refractivity contribution in [3.63, 3.8) is 0 Å². The van der Waals surface area contributed by atoms with Crippen LogP contribution in [0.1, 0.15) is 0 Å². The first-order chi connectivity index (χ1) is 9.15. The van der Waals surface area contributed by atoms with Crippen molar-refractivity contribution in [1.29, 1.82) is 0 Å². The molecular weight excluding hydrogens is 246 g/mol. The highest BCUT2D eigenvalue weighted by molar-refractivity contribution is 6.09. The molecule has 0 bridgehead atoms. The smallest absolute Gasteiger partial charge is 0.338 e. The Morgan fingerprint density at radius 2 is 2.11 bits per heavy atom. The highest BCUT2D eigenvalue weighted by Crippen LogP contribution is 2.15. The van der Waals surface area contributed by atoms with Gasteiger partial charge < -0.3 is 20.3 Å². The first-order valence-corrected chi connectivity index (χ1v) is 5.55. The van der Waals surface area contributed by atoms with E-state index in [0.717, 1.165) is 7.11 Å². The molecule has 0 aromatic heterocycles. The molecule has 1 aromatic carbocycles. The second-order valence-electron chi connectivity index (χ2n) is 3.61. The number of para-hydroxylation sites is 1. The van der Waals surface area contributed by atoms with Gasteiger partial charge in [-0.05, 0) is 12.1 Å². The molecule has 0 saturated heterocycles. The van der Waals surface area contributed by atoms with E-state index in [1.165, 1.54) is 11.0 Å². The van der Waals surface area contributed by atoms with Gasteiger partial charge in [-0.25, -0.2) is 4.79 Å². The molecule has 0 fully saturated rings. The standard InChI is InChI=1S/C13H14N3O3/c1-3-9-16(10-7-5-4-6-8-10)12(17)11(15-14)13(18)19-2/h3-8,11H,1,9H2,2H3/q-1. The molecule has 100 valence electrons.